The molecular formula is C16H19NOS. The Kier molecular flexibility index (Phi) is 4.74. The van der Waals surface area contributed by atoms with E-state index in [2.05, 4.69) is 32.0 Å². The number of nitrogens with two attached hydrogens (primary N) is 1. The normalized spacial score (nSPS) is 10.4. The van der Waals surface area contributed by atoms with Gasteiger partial charge in [0.05, 0.1) is 6.61 Å². The first-order chi connectivity index (χ1) is 9.15. The highest BCUT2D eigenvalue weighted by atomic mass is 32.2. The third-order valence-corrected chi connectivity index (χ3v) is 3.94. The molecule has 0 radical (unpaired) electrons. The Labute approximate surface area is 119 Å². The Morgan fingerprint density at radius 2 is 1.74 bits per heavy atom. The monoisotopic (exact) mass is 273 g/mol. The first-order valence-corrected chi connectivity index (χ1v) is 7.32. The SMILES string of the molecule is Cc1ccc(SCCOc2ccc(N)cc2)cc1C. The molecule has 0 heterocycles. The summed E-state index contributed by atoms with van der Waals surface area (Å²) in [6, 6.07) is 14.1. The van der Waals surface area contributed by atoms with Crippen LogP contribution in [0.5, 0.6) is 5.75 Å². The van der Waals surface area contributed by atoms with Crippen LogP contribution in [0.3, 0.4) is 0 Å². The zero-order valence-electron chi connectivity index (χ0n) is 11.3. The van der Waals surface area contributed by atoms with Gasteiger partial charge in [0.2, 0.25) is 0 Å². The van der Waals surface area contributed by atoms with E-state index in [0.29, 0.717) is 6.61 Å². The molecule has 0 amide bonds. The number of hydrogen-bond acceptors (Lipinski definition) is 3. The number of benzene rings is 2. The lowest BCUT2D eigenvalue weighted by Gasteiger charge is -2.07. The number of nitrogen functional groups attached to an aromatic ring is 1. The summed E-state index contributed by atoms with van der Waals surface area (Å²) >= 11 is 1.82. The summed E-state index contributed by atoms with van der Waals surface area (Å²) in [5.41, 5.74) is 9.06. The van der Waals surface area contributed by atoms with Gasteiger partial charge in [-0.05, 0) is 61.4 Å². The molecule has 2 N–H and O–H groups in total. The zero-order chi connectivity index (χ0) is 13.7. The predicted molar refractivity (Wildman–Crippen MR) is 83.0 cm³/mol. The van der Waals surface area contributed by atoms with E-state index in [1.54, 1.807) is 0 Å². The number of thioether (sulfide) groups is 1. The van der Waals surface area contributed by atoms with Gasteiger partial charge in [0.25, 0.3) is 0 Å². The smallest absolute Gasteiger partial charge is 0.119 e. The Bertz CT molecular complexity index is 537. The molecular weight excluding hydrogens is 254 g/mol. The molecule has 2 nitrogen and oxygen atoms in total. The topological polar surface area (TPSA) is 35.2 Å². The van der Waals surface area contributed by atoms with Gasteiger partial charge in [-0.15, -0.1) is 11.8 Å². The van der Waals surface area contributed by atoms with Gasteiger partial charge >= 0.3 is 0 Å². The van der Waals surface area contributed by atoms with Gasteiger partial charge in [0.15, 0.2) is 0 Å². The van der Waals surface area contributed by atoms with Crippen LogP contribution in [0.15, 0.2) is 47.4 Å². The Hall–Kier alpha value is -1.61. The summed E-state index contributed by atoms with van der Waals surface area (Å²) in [6.07, 6.45) is 0. The molecule has 0 atom stereocenters. The Morgan fingerprint density at radius 3 is 2.42 bits per heavy atom. The number of aryl methyl sites for hydroxylation is 2. The van der Waals surface area contributed by atoms with Crippen LogP contribution in [0.2, 0.25) is 0 Å². The summed E-state index contributed by atoms with van der Waals surface area (Å²) in [6.45, 7) is 4.97. The maximum absolute atomic E-state index is 5.66. The van der Waals surface area contributed by atoms with Crippen molar-refractivity contribution in [2.75, 3.05) is 18.1 Å². The van der Waals surface area contributed by atoms with Crippen molar-refractivity contribution in [1.82, 2.24) is 0 Å². The quantitative estimate of drug-likeness (QED) is 0.507. The van der Waals surface area contributed by atoms with Gasteiger partial charge in [-0.2, -0.15) is 0 Å². The standard InChI is InChI=1S/C16H19NOS/c1-12-3-8-16(11-13(12)2)19-10-9-18-15-6-4-14(17)5-7-15/h3-8,11H,9-10,17H2,1-2H3. The molecule has 2 aromatic carbocycles. The van der Waals surface area contributed by atoms with E-state index < -0.39 is 0 Å². The molecule has 19 heavy (non-hydrogen) atoms. The van der Waals surface area contributed by atoms with Gasteiger partial charge in [-0.25, -0.2) is 0 Å². The molecule has 0 aliphatic rings. The molecule has 0 spiro atoms. The second-order valence-corrected chi connectivity index (χ2v) is 5.68. The number of rotatable bonds is 5. The largest absolute Gasteiger partial charge is 0.493 e. The van der Waals surface area contributed by atoms with Crippen LogP contribution in [-0.2, 0) is 0 Å². The van der Waals surface area contributed by atoms with Crippen molar-refractivity contribution in [2.45, 2.75) is 18.7 Å². The summed E-state index contributed by atoms with van der Waals surface area (Å²) in [4.78, 5) is 1.30. The molecule has 0 aliphatic carbocycles. The van der Waals surface area contributed by atoms with Crippen molar-refractivity contribution in [3.05, 3.63) is 53.6 Å². The van der Waals surface area contributed by atoms with Crippen LogP contribution in [0.4, 0.5) is 5.69 Å². The van der Waals surface area contributed by atoms with E-state index in [1.807, 2.05) is 36.0 Å². The maximum atomic E-state index is 5.66. The lowest BCUT2D eigenvalue weighted by Crippen LogP contribution is -2.00. The number of hydrogen-bond donors (Lipinski definition) is 1. The molecule has 3 heteroatoms. The summed E-state index contributed by atoms with van der Waals surface area (Å²) in [7, 11) is 0. The molecule has 0 aliphatic heterocycles. The van der Waals surface area contributed by atoms with Crippen molar-refractivity contribution < 1.29 is 4.74 Å². The lowest BCUT2D eigenvalue weighted by atomic mass is 10.1. The van der Waals surface area contributed by atoms with Crippen LogP contribution in [0, 0.1) is 13.8 Å². The van der Waals surface area contributed by atoms with Gasteiger partial charge in [0, 0.05) is 16.3 Å². The highest BCUT2D eigenvalue weighted by molar-refractivity contribution is 7.99. The number of anilines is 1. The van der Waals surface area contributed by atoms with Gasteiger partial charge < -0.3 is 10.5 Å². The molecule has 0 unspecified atom stereocenters. The van der Waals surface area contributed by atoms with E-state index in [4.69, 9.17) is 10.5 Å². The van der Waals surface area contributed by atoms with Crippen LogP contribution >= 0.6 is 11.8 Å². The minimum absolute atomic E-state index is 0.696. The third-order valence-electron chi connectivity index (χ3n) is 2.98. The van der Waals surface area contributed by atoms with Crippen molar-refractivity contribution in [3.8, 4) is 5.75 Å². The van der Waals surface area contributed by atoms with Gasteiger partial charge in [-0.1, -0.05) is 6.07 Å². The highest BCUT2D eigenvalue weighted by Gasteiger charge is 1.98. The number of ether oxygens (including phenoxy) is 1. The fourth-order valence-electron chi connectivity index (χ4n) is 1.69. The van der Waals surface area contributed by atoms with Gasteiger partial charge in [0.1, 0.15) is 5.75 Å². The van der Waals surface area contributed by atoms with E-state index in [9.17, 15) is 0 Å². The minimum Gasteiger partial charge on any atom is -0.493 e. The molecule has 2 aromatic rings. The molecule has 0 saturated carbocycles. The first kappa shape index (κ1) is 13.8. The highest BCUT2D eigenvalue weighted by Crippen LogP contribution is 2.21. The molecule has 0 bridgehead atoms. The van der Waals surface area contributed by atoms with Crippen LogP contribution in [0.25, 0.3) is 0 Å². The summed E-state index contributed by atoms with van der Waals surface area (Å²) in [5, 5.41) is 0. The average molecular weight is 273 g/mol. The second kappa shape index (κ2) is 6.53. The zero-order valence-corrected chi connectivity index (χ0v) is 12.2. The summed E-state index contributed by atoms with van der Waals surface area (Å²) in [5.74, 6) is 1.81. The minimum atomic E-state index is 0.696. The molecule has 2 rings (SSSR count). The van der Waals surface area contributed by atoms with Crippen LogP contribution < -0.4 is 10.5 Å². The fourth-order valence-corrected chi connectivity index (χ4v) is 2.51. The van der Waals surface area contributed by atoms with Crippen LogP contribution in [-0.4, -0.2) is 12.4 Å². The predicted octanol–water partition coefficient (Wildman–Crippen LogP) is 4.06. The van der Waals surface area contributed by atoms with E-state index in [0.717, 1.165) is 17.2 Å². The average Bonchev–Trinajstić information content (AvgIpc) is 2.41. The van der Waals surface area contributed by atoms with E-state index >= 15 is 0 Å². The van der Waals surface area contributed by atoms with Crippen molar-refractivity contribution in [1.29, 1.82) is 0 Å². The van der Waals surface area contributed by atoms with Crippen molar-refractivity contribution in [3.63, 3.8) is 0 Å². The fraction of sp³-hybridized carbons (Fsp3) is 0.250. The Balaban J connectivity index is 1.77. The molecule has 0 saturated heterocycles. The first-order valence-electron chi connectivity index (χ1n) is 6.33. The van der Waals surface area contributed by atoms with Crippen molar-refractivity contribution in [2.24, 2.45) is 0 Å². The van der Waals surface area contributed by atoms with Crippen molar-refractivity contribution >= 4 is 17.4 Å². The Morgan fingerprint density at radius 1 is 1.00 bits per heavy atom. The van der Waals surface area contributed by atoms with E-state index in [-0.39, 0.29) is 0 Å². The third kappa shape index (κ3) is 4.21. The van der Waals surface area contributed by atoms with Crippen LogP contribution in [0.1, 0.15) is 11.1 Å². The molecule has 100 valence electrons. The lowest BCUT2D eigenvalue weighted by molar-refractivity contribution is 0.344. The molecule has 0 fully saturated rings. The summed E-state index contributed by atoms with van der Waals surface area (Å²) < 4.78 is 5.66. The maximum Gasteiger partial charge on any atom is 0.119 e. The van der Waals surface area contributed by atoms with E-state index in [1.165, 1.54) is 16.0 Å². The second-order valence-electron chi connectivity index (χ2n) is 4.51. The van der Waals surface area contributed by atoms with Gasteiger partial charge in [-0.3, -0.25) is 0 Å². The molecule has 0 aromatic heterocycles.